The first kappa shape index (κ1) is 17.1. The van der Waals surface area contributed by atoms with Crippen molar-refractivity contribution in [1.29, 1.82) is 0 Å². The summed E-state index contributed by atoms with van der Waals surface area (Å²) in [4.78, 5) is 3.74. The van der Waals surface area contributed by atoms with Crippen LogP contribution in [0.1, 0.15) is 6.92 Å². The molecule has 0 radical (unpaired) electrons. The average Bonchev–Trinajstić information content (AvgIpc) is 2.44. The molecule has 1 atom stereocenters. The minimum Gasteiger partial charge on any atom is -0.392 e. The molecule has 124 valence electrons. The Labute approximate surface area is 132 Å². The molecular formula is C14H15F2N3O3S. The molecule has 0 saturated heterocycles. The Morgan fingerprint density at radius 2 is 1.87 bits per heavy atom. The molecule has 0 spiro atoms. The zero-order chi connectivity index (χ0) is 17.0. The van der Waals surface area contributed by atoms with Crippen LogP contribution in [-0.2, 0) is 10.0 Å². The molecule has 0 bridgehead atoms. The fourth-order valence-corrected chi connectivity index (χ4v) is 2.71. The van der Waals surface area contributed by atoms with E-state index in [1.165, 1.54) is 12.1 Å². The largest absolute Gasteiger partial charge is 0.392 e. The molecule has 3 N–H and O–H groups in total. The molecule has 2 aromatic rings. The summed E-state index contributed by atoms with van der Waals surface area (Å²) >= 11 is 0. The van der Waals surface area contributed by atoms with Gasteiger partial charge in [0.1, 0.15) is 22.3 Å². The normalized spacial score (nSPS) is 12.7. The second-order valence-corrected chi connectivity index (χ2v) is 6.56. The first-order valence-electron chi connectivity index (χ1n) is 6.63. The van der Waals surface area contributed by atoms with Crippen LogP contribution in [0.15, 0.2) is 41.4 Å². The first-order chi connectivity index (χ1) is 10.8. The number of hydrogen-bond acceptors (Lipinski definition) is 5. The van der Waals surface area contributed by atoms with Gasteiger partial charge in [-0.25, -0.2) is 22.2 Å². The Morgan fingerprint density at radius 3 is 2.39 bits per heavy atom. The van der Waals surface area contributed by atoms with Crippen LogP contribution < -0.4 is 10.0 Å². The van der Waals surface area contributed by atoms with Crippen molar-refractivity contribution in [3.05, 3.63) is 48.2 Å². The highest BCUT2D eigenvalue weighted by atomic mass is 32.2. The van der Waals surface area contributed by atoms with Crippen LogP contribution in [-0.4, -0.2) is 31.2 Å². The highest BCUT2D eigenvalue weighted by Gasteiger charge is 2.16. The number of rotatable bonds is 6. The number of halogens is 2. The molecule has 1 aromatic carbocycles. The number of aliphatic hydroxyl groups is 1. The summed E-state index contributed by atoms with van der Waals surface area (Å²) in [7, 11) is -4.02. The summed E-state index contributed by atoms with van der Waals surface area (Å²) < 4.78 is 52.6. The van der Waals surface area contributed by atoms with Crippen molar-refractivity contribution < 1.29 is 22.3 Å². The van der Waals surface area contributed by atoms with Crippen molar-refractivity contribution in [2.75, 3.05) is 16.6 Å². The molecule has 9 heteroatoms. The Kier molecular flexibility index (Phi) is 5.12. The zero-order valence-electron chi connectivity index (χ0n) is 12.1. The Morgan fingerprint density at radius 1 is 1.22 bits per heavy atom. The highest BCUT2D eigenvalue weighted by molar-refractivity contribution is 7.92. The van der Waals surface area contributed by atoms with Gasteiger partial charge in [-0.05, 0) is 31.2 Å². The molecule has 1 heterocycles. The van der Waals surface area contributed by atoms with E-state index >= 15 is 0 Å². The molecule has 1 unspecified atom stereocenters. The van der Waals surface area contributed by atoms with Crippen molar-refractivity contribution in [2.45, 2.75) is 17.9 Å². The molecule has 0 aliphatic heterocycles. The lowest BCUT2D eigenvalue weighted by atomic mass is 10.3. The summed E-state index contributed by atoms with van der Waals surface area (Å²) in [6.07, 6.45) is 0.521. The zero-order valence-corrected chi connectivity index (χ0v) is 12.9. The lowest BCUT2D eigenvalue weighted by Crippen LogP contribution is -2.17. The third-order valence-electron chi connectivity index (χ3n) is 2.74. The van der Waals surface area contributed by atoms with Crippen LogP contribution in [0.25, 0.3) is 0 Å². The standard InChI is InChI=1S/C14H15F2N3O3S/c1-9(20)7-17-14-3-2-13(8-18-14)23(21,22)19-12-5-10(15)4-11(16)6-12/h2-6,8-9,19-20H,7H2,1H3,(H,17,18). The summed E-state index contributed by atoms with van der Waals surface area (Å²) in [6, 6.07) is 5.08. The predicted octanol–water partition coefficient (Wildman–Crippen LogP) is 1.95. The highest BCUT2D eigenvalue weighted by Crippen LogP contribution is 2.18. The molecule has 0 aliphatic carbocycles. The third-order valence-corrected chi connectivity index (χ3v) is 4.11. The number of pyridine rings is 1. The molecule has 2 rings (SSSR count). The molecule has 23 heavy (non-hydrogen) atoms. The van der Waals surface area contributed by atoms with Gasteiger partial charge in [0, 0.05) is 18.8 Å². The van der Waals surface area contributed by atoms with Crippen LogP contribution in [0.5, 0.6) is 0 Å². The number of sulfonamides is 1. The molecule has 0 fully saturated rings. The van der Waals surface area contributed by atoms with Crippen molar-refractivity contribution >= 4 is 21.5 Å². The molecule has 0 amide bonds. The fourth-order valence-electron chi connectivity index (χ4n) is 1.72. The number of anilines is 2. The van der Waals surface area contributed by atoms with Gasteiger partial charge in [-0.3, -0.25) is 4.72 Å². The van der Waals surface area contributed by atoms with Gasteiger partial charge in [-0.2, -0.15) is 0 Å². The summed E-state index contributed by atoms with van der Waals surface area (Å²) in [5.41, 5.74) is -0.223. The van der Waals surface area contributed by atoms with E-state index in [-0.39, 0.29) is 17.1 Å². The van der Waals surface area contributed by atoms with E-state index in [0.717, 1.165) is 18.3 Å². The number of aliphatic hydroxyl groups excluding tert-OH is 1. The number of aromatic nitrogens is 1. The van der Waals surface area contributed by atoms with E-state index in [2.05, 4.69) is 15.0 Å². The topological polar surface area (TPSA) is 91.3 Å². The van der Waals surface area contributed by atoms with Crippen LogP contribution >= 0.6 is 0 Å². The van der Waals surface area contributed by atoms with Gasteiger partial charge in [-0.15, -0.1) is 0 Å². The predicted molar refractivity (Wildman–Crippen MR) is 81.6 cm³/mol. The Bertz CT molecular complexity index is 760. The van der Waals surface area contributed by atoms with Crippen LogP contribution in [0, 0.1) is 11.6 Å². The maximum atomic E-state index is 13.1. The van der Waals surface area contributed by atoms with Crippen LogP contribution in [0.2, 0.25) is 0 Å². The van der Waals surface area contributed by atoms with Gasteiger partial charge in [0.15, 0.2) is 0 Å². The van der Waals surface area contributed by atoms with Gasteiger partial charge >= 0.3 is 0 Å². The lowest BCUT2D eigenvalue weighted by molar-refractivity contribution is 0.208. The summed E-state index contributed by atoms with van der Waals surface area (Å²) in [5.74, 6) is -1.39. The van der Waals surface area contributed by atoms with E-state index in [9.17, 15) is 17.2 Å². The average molecular weight is 343 g/mol. The number of hydrogen-bond donors (Lipinski definition) is 3. The maximum absolute atomic E-state index is 13.1. The summed E-state index contributed by atoms with van der Waals surface area (Å²) in [5, 5.41) is 12.0. The van der Waals surface area contributed by atoms with E-state index in [1.54, 1.807) is 6.92 Å². The minimum atomic E-state index is -4.02. The van der Waals surface area contributed by atoms with Crippen LogP contribution in [0.4, 0.5) is 20.3 Å². The van der Waals surface area contributed by atoms with Crippen LogP contribution in [0.3, 0.4) is 0 Å². The fraction of sp³-hybridized carbons (Fsp3) is 0.214. The smallest absolute Gasteiger partial charge is 0.263 e. The third kappa shape index (κ3) is 4.86. The van der Waals surface area contributed by atoms with Crippen molar-refractivity contribution in [2.24, 2.45) is 0 Å². The molecular weight excluding hydrogens is 328 g/mol. The van der Waals surface area contributed by atoms with Crippen molar-refractivity contribution in [3.8, 4) is 0 Å². The van der Waals surface area contributed by atoms with E-state index in [1.807, 2.05) is 0 Å². The monoisotopic (exact) mass is 343 g/mol. The van der Waals surface area contributed by atoms with E-state index in [4.69, 9.17) is 5.11 Å². The molecule has 0 aliphatic rings. The quantitative estimate of drug-likeness (QED) is 0.746. The molecule has 1 aromatic heterocycles. The number of nitrogens with one attached hydrogen (secondary N) is 2. The Hall–Kier alpha value is -2.26. The van der Waals surface area contributed by atoms with Gasteiger partial charge in [0.25, 0.3) is 10.0 Å². The van der Waals surface area contributed by atoms with Gasteiger partial charge in [0.05, 0.1) is 11.8 Å². The van der Waals surface area contributed by atoms with Gasteiger partial charge in [0.2, 0.25) is 0 Å². The lowest BCUT2D eigenvalue weighted by Gasteiger charge is -2.10. The second-order valence-electron chi connectivity index (χ2n) is 4.87. The van der Waals surface area contributed by atoms with E-state index in [0.29, 0.717) is 11.9 Å². The first-order valence-corrected chi connectivity index (χ1v) is 8.11. The molecule has 0 saturated carbocycles. The van der Waals surface area contributed by atoms with Gasteiger partial charge < -0.3 is 10.4 Å². The summed E-state index contributed by atoms with van der Waals surface area (Å²) in [6.45, 7) is 1.85. The minimum absolute atomic E-state index is 0.162. The maximum Gasteiger partial charge on any atom is 0.263 e. The Balaban J connectivity index is 2.16. The van der Waals surface area contributed by atoms with Crippen molar-refractivity contribution in [1.82, 2.24) is 4.98 Å². The van der Waals surface area contributed by atoms with E-state index < -0.39 is 27.8 Å². The van der Waals surface area contributed by atoms with Gasteiger partial charge in [-0.1, -0.05) is 0 Å². The second kappa shape index (κ2) is 6.88. The van der Waals surface area contributed by atoms with Crippen molar-refractivity contribution in [3.63, 3.8) is 0 Å². The molecule has 6 nitrogen and oxygen atoms in total. The SMILES string of the molecule is CC(O)CNc1ccc(S(=O)(=O)Nc2cc(F)cc(F)c2)cn1. The number of nitrogens with zero attached hydrogens (tertiary/aromatic N) is 1. The number of benzene rings is 1.